The number of esters is 4. The third-order valence-electron chi connectivity index (χ3n) is 23.2. The number of rotatable bonds is 20. The van der Waals surface area contributed by atoms with Crippen LogP contribution in [-0.4, -0.2) is 138 Å². The number of hydrogen-bond acceptors (Lipinski definition) is 17. The van der Waals surface area contributed by atoms with Gasteiger partial charge >= 0.3 is 42.2 Å². The average Bonchev–Trinajstić information content (AvgIpc) is 0.752. The molecule has 16 aliphatic carbocycles. The van der Waals surface area contributed by atoms with E-state index in [-0.39, 0.29) is 72.7 Å². The zero-order chi connectivity index (χ0) is 66.7. The smallest absolute Gasteiger partial charge is 0.360 e. The third kappa shape index (κ3) is 14.2. The van der Waals surface area contributed by atoms with Gasteiger partial charge in [0.25, 0.3) is 0 Å². The number of ether oxygens (including phenoxy) is 7. The third-order valence-corrected chi connectivity index (χ3v) is 23.2. The summed E-state index contributed by atoms with van der Waals surface area (Å²) in [6, 6.07) is 0. The van der Waals surface area contributed by atoms with Crippen LogP contribution in [0, 0.1) is 103 Å². The molecule has 16 bridgehead atoms. The van der Waals surface area contributed by atoms with Crippen LogP contribution in [0.25, 0.3) is 0 Å². The molecule has 17 nitrogen and oxygen atoms in total. The van der Waals surface area contributed by atoms with Crippen molar-refractivity contribution in [3.8, 4) is 0 Å². The van der Waals surface area contributed by atoms with Crippen LogP contribution in [0.2, 0.25) is 0 Å². The molecule has 0 heterocycles. The fraction of sp³-hybridized carbons (Fsp3) is 0.897. The quantitative estimate of drug-likeness (QED) is 0.0583. The number of aliphatic hydroxyl groups excluding tert-OH is 2. The molecule has 0 radical (unpaired) electrons. The highest BCUT2D eigenvalue weighted by molar-refractivity contribution is 5.91. The molecule has 0 aliphatic heterocycles. The van der Waals surface area contributed by atoms with Crippen molar-refractivity contribution in [3.05, 3.63) is 0 Å². The molecule has 0 aromatic rings. The summed E-state index contributed by atoms with van der Waals surface area (Å²) in [6.07, 6.45) is 0.152. The van der Waals surface area contributed by atoms with Crippen LogP contribution in [0.3, 0.4) is 0 Å². The van der Waals surface area contributed by atoms with Gasteiger partial charge in [0.15, 0.2) is 6.10 Å². The second kappa shape index (κ2) is 24.7. The second-order valence-electron chi connectivity index (χ2n) is 33.9. The predicted molar refractivity (Wildman–Crippen MR) is 311 cm³/mol. The molecule has 16 aliphatic rings. The lowest BCUT2D eigenvalue weighted by atomic mass is 9.48. The standard InChI is InChI=1S/C30H40F2O7.C19H30F2O5.C19H28F2O5/c1-27(2,3)30(31,32)38-15-22(39-26(36)29-9-17-6-20(12-29)24(34)21(7-17)13-29)14-37-25(35)28-8-16-4-18(10-28)23(33)19(5-16)11-28;1-16(2,3)19(20,21)26-10-14(22)9-25-15(23)17-5-12-4-13(6-17)8-18(24,7-12)11-17;1-17(2,3)19(20,21)26-10-14(22)9-25-16(24)18-6-11-4-12(7-18)15(23)13(5-11)8-18/h16-22H,4-15H2,1-3H3;12-14,22,24H,4-11H2,1-3H3;11-14,22H,4-10H2,1-3H3. The molecule has 0 amide bonds. The van der Waals surface area contributed by atoms with Crippen LogP contribution in [-0.2, 0) is 66.7 Å². The van der Waals surface area contributed by atoms with Crippen molar-refractivity contribution in [2.45, 2.75) is 239 Å². The lowest BCUT2D eigenvalue weighted by molar-refractivity contribution is -0.304. The molecule has 23 heteroatoms. The van der Waals surface area contributed by atoms with Gasteiger partial charge in [-0.05, 0) is 164 Å². The Morgan fingerprint density at radius 2 is 0.681 bits per heavy atom. The minimum atomic E-state index is -3.49. The zero-order valence-electron chi connectivity index (χ0n) is 54.5. The van der Waals surface area contributed by atoms with E-state index >= 15 is 0 Å². The molecule has 0 aromatic carbocycles. The van der Waals surface area contributed by atoms with E-state index in [1.807, 2.05) is 0 Å². The molecule has 16 saturated carbocycles. The van der Waals surface area contributed by atoms with E-state index in [0.717, 1.165) is 64.2 Å². The van der Waals surface area contributed by atoms with Gasteiger partial charge in [-0.1, -0.05) is 62.3 Å². The van der Waals surface area contributed by atoms with Crippen LogP contribution in [0.15, 0.2) is 0 Å². The number of carbonyl (C=O) groups excluding carboxylic acids is 7. The van der Waals surface area contributed by atoms with Crippen molar-refractivity contribution in [2.75, 3.05) is 39.6 Å². The van der Waals surface area contributed by atoms with Gasteiger partial charge < -0.3 is 48.5 Å². The Balaban J connectivity index is 0.000000155. The average molecular weight is 1300 g/mol. The van der Waals surface area contributed by atoms with Gasteiger partial charge in [-0.25, -0.2) is 0 Å². The largest absolute Gasteiger partial charge is 0.462 e. The first-order valence-corrected chi connectivity index (χ1v) is 33.5. The number of aliphatic hydroxyl groups is 3. The molecule has 11 atom stereocenters. The molecule has 16 rings (SSSR count). The van der Waals surface area contributed by atoms with Crippen LogP contribution in [0.4, 0.5) is 26.3 Å². The molecule has 514 valence electrons. The zero-order valence-corrected chi connectivity index (χ0v) is 54.5. The summed E-state index contributed by atoms with van der Waals surface area (Å²) in [5.74, 6) is 0.109. The highest BCUT2D eigenvalue weighted by Gasteiger charge is 2.64. The van der Waals surface area contributed by atoms with E-state index < -0.39 is 124 Å². The molecule has 0 aromatic heterocycles. The van der Waals surface area contributed by atoms with Crippen LogP contribution >= 0.6 is 0 Å². The number of alkyl halides is 6. The van der Waals surface area contributed by atoms with Gasteiger partial charge in [0.05, 0.1) is 63.3 Å². The highest BCUT2D eigenvalue weighted by Crippen LogP contribution is 2.64. The van der Waals surface area contributed by atoms with Crippen LogP contribution < -0.4 is 0 Å². The van der Waals surface area contributed by atoms with Gasteiger partial charge in [-0.15, -0.1) is 0 Å². The maximum absolute atomic E-state index is 14.7. The Morgan fingerprint density at radius 3 is 1.00 bits per heavy atom. The van der Waals surface area contributed by atoms with Crippen molar-refractivity contribution in [1.29, 1.82) is 0 Å². The fourth-order valence-corrected chi connectivity index (χ4v) is 19.2. The summed E-state index contributed by atoms with van der Waals surface area (Å²) >= 11 is 0. The monoisotopic (exact) mass is 1300 g/mol. The number of carbonyl (C=O) groups is 7. The summed E-state index contributed by atoms with van der Waals surface area (Å²) in [5.41, 5.74) is -7.89. The van der Waals surface area contributed by atoms with Gasteiger partial charge in [0, 0.05) is 35.5 Å². The first kappa shape index (κ1) is 70.0. The van der Waals surface area contributed by atoms with Crippen molar-refractivity contribution in [1.82, 2.24) is 0 Å². The van der Waals surface area contributed by atoms with Crippen LogP contribution in [0.5, 0.6) is 0 Å². The van der Waals surface area contributed by atoms with Gasteiger partial charge in [-0.3, -0.25) is 33.6 Å². The molecule has 11 unspecified atom stereocenters. The molecular weight excluding hydrogens is 1200 g/mol. The van der Waals surface area contributed by atoms with Crippen molar-refractivity contribution >= 4 is 41.2 Å². The maximum atomic E-state index is 14.7. The lowest BCUT2D eigenvalue weighted by Gasteiger charge is -2.58. The lowest BCUT2D eigenvalue weighted by Crippen LogP contribution is -2.58. The van der Waals surface area contributed by atoms with E-state index in [1.165, 1.54) is 62.3 Å². The number of Topliss-reactive ketones (excluding diaryl/α,β-unsaturated/α-hetero) is 3. The Labute approximate surface area is 529 Å². The minimum Gasteiger partial charge on any atom is -0.462 e. The Bertz CT molecular complexity index is 2720. The van der Waals surface area contributed by atoms with Crippen LogP contribution in [0.1, 0.15) is 197 Å². The molecule has 3 N–H and O–H groups in total. The highest BCUT2D eigenvalue weighted by atomic mass is 19.3. The Kier molecular flexibility index (Phi) is 19.0. The normalized spacial score (nSPS) is 38.4. The summed E-state index contributed by atoms with van der Waals surface area (Å²) in [7, 11) is 0. The summed E-state index contributed by atoms with van der Waals surface area (Å²) in [6.45, 7) is 9.14. The van der Waals surface area contributed by atoms with E-state index in [1.54, 1.807) is 0 Å². The molecule has 91 heavy (non-hydrogen) atoms. The van der Waals surface area contributed by atoms with E-state index in [0.29, 0.717) is 100 Å². The number of halogens is 6. The van der Waals surface area contributed by atoms with Gasteiger partial charge in [0.1, 0.15) is 49.4 Å². The Hall–Kier alpha value is -3.77. The van der Waals surface area contributed by atoms with E-state index in [9.17, 15) is 75.2 Å². The van der Waals surface area contributed by atoms with E-state index in [2.05, 4.69) is 9.47 Å². The minimum absolute atomic E-state index is 0.0486. The number of hydrogen-bond donors (Lipinski definition) is 3. The van der Waals surface area contributed by atoms with Gasteiger partial charge in [-0.2, -0.15) is 26.3 Å². The summed E-state index contributed by atoms with van der Waals surface area (Å²) in [4.78, 5) is 89.6. The second-order valence-corrected chi connectivity index (χ2v) is 33.9. The predicted octanol–water partition coefficient (Wildman–Crippen LogP) is 10.7. The maximum Gasteiger partial charge on any atom is 0.360 e. The van der Waals surface area contributed by atoms with Crippen molar-refractivity contribution in [2.24, 2.45) is 103 Å². The molecule has 16 fully saturated rings. The first-order chi connectivity index (χ1) is 42.0. The molecule has 0 spiro atoms. The molecule has 0 saturated heterocycles. The van der Waals surface area contributed by atoms with E-state index in [4.69, 9.17) is 23.7 Å². The number of ketones is 3. The summed E-state index contributed by atoms with van der Waals surface area (Å²) < 4.78 is 121. The first-order valence-electron chi connectivity index (χ1n) is 33.5. The van der Waals surface area contributed by atoms with Crippen molar-refractivity contribution in [3.63, 3.8) is 0 Å². The fourth-order valence-electron chi connectivity index (χ4n) is 19.2. The topological polar surface area (TPSA) is 245 Å². The Morgan fingerprint density at radius 1 is 0.396 bits per heavy atom. The summed E-state index contributed by atoms with van der Waals surface area (Å²) in [5, 5.41) is 30.4. The SMILES string of the molecule is CC(C)(C)C(F)(F)OCC(COC(=O)C12CC3CC(C1)C(=O)C(C3)C2)OC(=O)C12CC3CC(C1)C(=O)C(C3)C2.CC(C)(C)C(F)(F)OCC(O)COC(=O)C12CC3CC(C1)C(=O)C(C3)C2.CC(C)(C)C(F)(F)OCC(O)COC(=O)C12CC3CC(CC(O)(C3)C1)C2. The molecular formula is C68H98F6O17. The van der Waals surface area contributed by atoms with Crippen molar-refractivity contribution < 1.29 is 108 Å². The van der Waals surface area contributed by atoms with Gasteiger partial charge in [0.2, 0.25) is 0 Å².